The van der Waals surface area contributed by atoms with E-state index >= 15 is 0 Å². The van der Waals surface area contributed by atoms with E-state index in [0.717, 1.165) is 16.1 Å². The van der Waals surface area contributed by atoms with Gasteiger partial charge in [0.25, 0.3) is 0 Å². The van der Waals surface area contributed by atoms with E-state index in [4.69, 9.17) is 4.74 Å². The minimum Gasteiger partial charge on any atom is -0.477 e. The van der Waals surface area contributed by atoms with Gasteiger partial charge in [0, 0.05) is 21.8 Å². The average molecular weight is 274 g/mol. The molecular formula is C9H9INO. The maximum absolute atomic E-state index is 5.43. The monoisotopic (exact) mass is 274 g/mol. The zero-order valence-electron chi connectivity index (χ0n) is 6.59. The highest BCUT2D eigenvalue weighted by atomic mass is 127. The highest BCUT2D eigenvalue weighted by Crippen LogP contribution is 2.31. The molecule has 0 aromatic carbocycles. The summed E-state index contributed by atoms with van der Waals surface area (Å²) in [6.45, 7) is 0.758. The summed E-state index contributed by atoms with van der Waals surface area (Å²) in [7, 11) is 0. The molecule has 1 heterocycles. The fourth-order valence-corrected chi connectivity index (χ4v) is 1.18. The number of pyridine rings is 1. The zero-order valence-corrected chi connectivity index (χ0v) is 8.74. The van der Waals surface area contributed by atoms with Gasteiger partial charge in [0.1, 0.15) is 0 Å². The molecule has 12 heavy (non-hydrogen) atoms. The van der Waals surface area contributed by atoms with Crippen LogP contribution in [0.3, 0.4) is 0 Å². The molecule has 1 radical (unpaired) electrons. The predicted molar refractivity (Wildman–Crippen MR) is 54.9 cm³/mol. The van der Waals surface area contributed by atoms with Crippen LogP contribution in [0.25, 0.3) is 0 Å². The third-order valence-corrected chi connectivity index (χ3v) is 2.37. The summed E-state index contributed by atoms with van der Waals surface area (Å²) in [5.41, 5.74) is 0. The van der Waals surface area contributed by atoms with Crippen molar-refractivity contribution < 1.29 is 4.74 Å². The Balaban J connectivity index is 1.89. The molecule has 63 valence electrons. The average Bonchev–Trinajstić information content (AvgIpc) is 2.87. The minimum atomic E-state index is 0.731. The normalized spacial score (nSPS) is 16.1. The van der Waals surface area contributed by atoms with Crippen LogP contribution in [0.4, 0.5) is 0 Å². The molecule has 1 saturated carbocycles. The van der Waals surface area contributed by atoms with Crippen LogP contribution in [0.2, 0.25) is 0 Å². The van der Waals surface area contributed by atoms with Gasteiger partial charge >= 0.3 is 0 Å². The molecule has 2 rings (SSSR count). The molecular weight excluding hydrogens is 265 g/mol. The Kier molecular flexibility index (Phi) is 2.48. The van der Waals surface area contributed by atoms with Gasteiger partial charge < -0.3 is 4.74 Å². The van der Waals surface area contributed by atoms with Gasteiger partial charge in [-0.15, -0.1) is 0 Å². The van der Waals surface area contributed by atoms with E-state index < -0.39 is 0 Å². The smallest absolute Gasteiger partial charge is 0.213 e. The van der Waals surface area contributed by atoms with Crippen molar-refractivity contribution in [1.29, 1.82) is 0 Å². The fraction of sp³-hybridized carbons (Fsp3) is 0.333. The Hall–Kier alpha value is -0.320. The Bertz CT molecular complexity index is 256. The molecule has 0 saturated heterocycles. The maximum Gasteiger partial charge on any atom is 0.213 e. The van der Waals surface area contributed by atoms with E-state index in [9.17, 15) is 0 Å². The van der Waals surface area contributed by atoms with Gasteiger partial charge in [-0.3, -0.25) is 0 Å². The van der Waals surface area contributed by atoms with Crippen LogP contribution >= 0.6 is 22.6 Å². The van der Waals surface area contributed by atoms with Crippen molar-refractivity contribution >= 4 is 22.6 Å². The Morgan fingerprint density at radius 2 is 2.25 bits per heavy atom. The van der Waals surface area contributed by atoms with Gasteiger partial charge in [0.05, 0.1) is 6.61 Å². The quantitative estimate of drug-likeness (QED) is 0.790. The lowest BCUT2D eigenvalue weighted by molar-refractivity contribution is 0.330. The molecule has 0 spiro atoms. The molecule has 1 aromatic heterocycles. The highest BCUT2D eigenvalue weighted by molar-refractivity contribution is 14.1. The molecule has 1 aliphatic rings. The van der Waals surface area contributed by atoms with Gasteiger partial charge in [-0.05, 0) is 41.5 Å². The third-order valence-electron chi connectivity index (χ3n) is 1.73. The van der Waals surface area contributed by atoms with E-state index in [-0.39, 0.29) is 0 Å². The van der Waals surface area contributed by atoms with Crippen LogP contribution in [-0.4, -0.2) is 11.6 Å². The summed E-state index contributed by atoms with van der Waals surface area (Å²) >= 11 is 2.23. The number of hydrogen-bond acceptors (Lipinski definition) is 2. The van der Waals surface area contributed by atoms with Crippen molar-refractivity contribution in [3.8, 4) is 5.88 Å². The highest BCUT2D eigenvalue weighted by Gasteiger charge is 2.22. The second kappa shape index (κ2) is 3.60. The number of ether oxygens (including phenoxy) is 1. The molecule has 1 aromatic rings. The number of nitrogens with zero attached hydrogens (tertiary/aromatic N) is 1. The van der Waals surface area contributed by atoms with Crippen molar-refractivity contribution in [1.82, 2.24) is 4.98 Å². The summed E-state index contributed by atoms with van der Waals surface area (Å²) in [5, 5.41) is 0. The lowest BCUT2D eigenvalue weighted by Crippen LogP contribution is -1.99. The summed E-state index contributed by atoms with van der Waals surface area (Å²) in [5.74, 6) is 2.23. The van der Waals surface area contributed by atoms with E-state index in [1.807, 2.05) is 18.3 Å². The van der Waals surface area contributed by atoms with Crippen LogP contribution in [-0.2, 0) is 0 Å². The van der Waals surface area contributed by atoms with Crippen molar-refractivity contribution in [2.75, 3.05) is 6.61 Å². The van der Waals surface area contributed by atoms with Crippen molar-refractivity contribution in [2.24, 2.45) is 0 Å². The third kappa shape index (κ3) is 2.33. The van der Waals surface area contributed by atoms with Gasteiger partial charge in [-0.1, -0.05) is 0 Å². The summed E-state index contributed by atoms with van der Waals surface area (Å²) in [6.07, 6.45) is 4.29. The van der Waals surface area contributed by atoms with Crippen LogP contribution in [0.5, 0.6) is 5.88 Å². The molecule has 0 bridgehead atoms. The predicted octanol–water partition coefficient (Wildman–Crippen LogP) is 2.43. The van der Waals surface area contributed by atoms with Crippen LogP contribution in [0, 0.1) is 9.49 Å². The summed E-state index contributed by atoms with van der Waals surface area (Å²) in [4.78, 5) is 4.13. The van der Waals surface area contributed by atoms with Gasteiger partial charge in [-0.25, -0.2) is 4.98 Å². The number of hydrogen-bond donors (Lipinski definition) is 0. The molecule has 1 fully saturated rings. The number of halogens is 1. The topological polar surface area (TPSA) is 22.1 Å². The zero-order chi connectivity index (χ0) is 8.39. The van der Waals surface area contributed by atoms with Gasteiger partial charge in [0.2, 0.25) is 5.88 Å². The van der Waals surface area contributed by atoms with E-state index in [1.54, 1.807) is 0 Å². The van der Waals surface area contributed by atoms with Crippen molar-refractivity contribution in [3.63, 3.8) is 0 Å². The molecule has 2 nitrogen and oxygen atoms in total. The lowest BCUT2D eigenvalue weighted by atomic mass is 10.4. The van der Waals surface area contributed by atoms with E-state index in [2.05, 4.69) is 27.6 Å². The Labute approximate surface area is 85.5 Å². The van der Waals surface area contributed by atoms with Crippen molar-refractivity contribution in [2.45, 2.75) is 12.8 Å². The van der Waals surface area contributed by atoms with Gasteiger partial charge in [0.15, 0.2) is 0 Å². The Morgan fingerprint density at radius 1 is 1.42 bits per heavy atom. The van der Waals surface area contributed by atoms with Crippen molar-refractivity contribution in [3.05, 3.63) is 27.8 Å². The second-order valence-electron chi connectivity index (χ2n) is 2.85. The first-order valence-electron chi connectivity index (χ1n) is 3.92. The first kappa shape index (κ1) is 8.29. The SMILES string of the molecule is Ic1ccc(OC[C]2CC2)nc1. The first-order valence-corrected chi connectivity index (χ1v) is 5.00. The molecule has 1 aliphatic carbocycles. The molecule has 0 N–H and O–H groups in total. The molecule has 0 amide bonds. The number of rotatable bonds is 3. The van der Waals surface area contributed by atoms with E-state index in [1.165, 1.54) is 18.8 Å². The summed E-state index contributed by atoms with van der Waals surface area (Å²) in [6, 6.07) is 3.91. The molecule has 0 aliphatic heterocycles. The maximum atomic E-state index is 5.43. The Morgan fingerprint density at radius 3 is 2.83 bits per heavy atom. The second-order valence-corrected chi connectivity index (χ2v) is 4.10. The van der Waals surface area contributed by atoms with Crippen LogP contribution < -0.4 is 4.74 Å². The van der Waals surface area contributed by atoms with E-state index in [0.29, 0.717) is 0 Å². The molecule has 0 atom stereocenters. The minimum absolute atomic E-state index is 0.731. The van der Waals surface area contributed by atoms with Crippen LogP contribution in [0.15, 0.2) is 18.3 Å². The lowest BCUT2D eigenvalue weighted by Gasteiger charge is -2.02. The van der Waals surface area contributed by atoms with Crippen LogP contribution in [0.1, 0.15) is 12.8 Å². The first-order chi connectivity index (χ1) is 5.84. The largest absolute Gasteiger partial charge is 0.477 e. The number of aromatic nitrogens is 1. The summed E-state index contributed by atoms with van der Waals surface area (Å²) < 4.78 is 6.57. The molecule has 0 unspecified atom stereocenters. The standard InChI is InChI=1S/C9H9INO/c10-8-3-4-9(11-5-8)12-6-7-1-2-7/h3-5H,1-2,6H2. The van der Waals surface area contributed by atoms with Gasteiger partial charge in [-0.2, -0.15) is 0 Å². The molecule has 3 heteroatoms. The fourth-order valence-electron chi connectivity index (χ4n) is 0.856.